The van der Waals surface area contributed by atoms with Gasteiger partial charge in [0.1, 0.15) is 29.8 Å². The lowest BCUT2D eigenvalue weighted by Crippen LogP contribution is -2.37. The van der Waals surface area contributed by atoms with Gasteiger partial charge in [0.05, 0.1) is 0 Å². The Morgan fingerprint density at radius 1 is 1.14 bits per heavy atom. The van der Waals surface area contributed by atoms with Crippen molar-refractivity contribution in [3.8, 4) is 0 Å². The van der Waals surface area contributed by atoms with Crippen molar-refractivity contribution in [3.63, 3.8) is 0 Å². The highest BCUT2D eigenvalue weighted by molar-refractivity contribution is 5.76. The highest BCUT2D eigenvalue weighted by Crippen LogP contribution is 2.17. The molecule has 0 aliphatic carbocycles. The fraction of sp³-hybridized carbons (Fsp3) is 0.476. The van der Waals surface area contributed by atoms with Gasteiger partial charge in [-0.3, -0.25) is 4.79 Å². The van der Waals surface area contributed by atoms with Crippen LogP contribution in [0.15, 0.2) is 30.3 Å². The molecule has 1 aliphatic rings. The molecule has 1 N–H and O–H groups in total. The maximum absolute atomic E-state index is 12.5. The first-order valence-electron chi connectivity index (χ1n) is 10.2. The summed E-state index contributed by atoms with van der Waals surface area (Å²) >= 11 is 0. The lowest BCUT2D eigenvalue weighted by Gasteiger charge is -2.16. The summed E-state index contributed by atoms with van der Waals surface area (Å²) < 4.78 is 3.89. The predicted octanol–water partition coefficient (Wildman–Crippen LogP) is 1.79. The van der Waals surface area contributed by atoms with Crippen LogP contribution in [0.5, 0.6) is 0 Å². The van der Waals surface area contributed by atoms with Crippen LogP contribution in [0.1, 0.15) is 41.7 Å². The summed E-state index contributed by atoms with van der Waals surface area (Å²) in [7, 11) is 0. The third kappa shape index (κ3) is 4.70. The van der Waals surface area contributed by atoms with E-state index in [1.54, 1.807) is 4.68 Å². The van der Waals surface area contributed by atoms with E-state index in [9.17, 15) is 4.79 Å². The number of nitrogens with one attached hydrogen (secondary N) is 1. The van der Waals surface area contributed by atoms with Crippen molar-refractivity contribution in [3.05, 3.63) is 59.2 Å². The second-order valence-corrected chi connectivity index (χ2v) is 7.63. The lowest BCUT2D eigenvalue weighted by molar-refractivity contribution is -0.122. The molecule has 3 heterocycles. The summed E-state index contributed by atoms with van der Waals surface area (Å²) in [5, 5.41) is 16.2. The van der Waals surface area contributed by atoms with E-state index in [1.807, 2.05) is 19.9 Å². The van der Waals surface area contributed by atoms with Crippen molar-refractivity contribution >= 4 is 5.91 Å². The van der Waals surface area contributed by atoms with Gasteiger partial charge in [0, 0.05) is 25.4 Å². The SMILES string of the molecule is Cc1nc(C)n(CC(=O)NC2CCc3nnc(CCc4ccccc4)n3CC2)n1. The van der Waals surface area contributed by atoms with Gasteiger partial charge in [-0.2, -0.15) is 5.10 Å². The zero-order valence-electron chi connectivity index (χ0n) is 17.0. The average molecular weight is 393 g/mol. The maximum Gasteiger partial charge on any atom is 0.242 e. The molecule has 3 aromatic rings. The van der Waals surface area contributed by atoms with Gasteiger partial charge in [-0.05, 0) is 38.7 Å². The van der Waals surface area contributed by atoms with Crippen LogP contribution in [0.25, 0.3) is 0 Å². The largest absolute Gasteiger partial charge is 0.352 e. The maximum atomic E-state index is 12.5. The molecule has 8 nitrogen and oxygen atoms in total. The minimum atomic E-state index is -0.0232. The van der Waals surface area contributed by atoms with Crippen LogP contribution < -0.4 is 5.32 Å². The van der Waals surface area contributed by atoms with Gasteiger partial charge in [0.2, 0.25) is 5.91 Å². The van der Waals surface area contributed by atoms with E-state index >= 15 is 0 Å². The Morgan fingerprint density at radius 3 is 2.72 bits per heavy atom. The highest BCUT2D eigenvalue weighted by atomic mass is 16.2. The Hall–Kier alpha value is -3.03. The van der Waals surface area contributed by atoms with Crippen LogP contribution >= 0.6 is 0 Å². The number of nitrogens with zero attached hydrogens (tertiary/aromatic N) is 6. The summed E-state index contributed by atoms with van der Waals surface area (Å²) in [4.78, 5) is 16.7. The van der Waals surface area contributed by atoms with Crippen molar-refractivity contribution in [1.29, 1.82) is 0 Å². The summed E-state index contributed by atoms with van der Waals surface area (Å²) in [5.74, 6) is 3.47. The zero-order valence-corrected chi connectivity index (χ0v) is 17.0. The summed E-state index contributed by atoms with van der Waals surface area (Å²) in [6.45, 7) is 4.73. The normalized spacial score (nSPS) is 16.3. The predicted molar refractivity (Wildman–Crippen MR) is 108 cm³/mol. The van der Waals surface area contributed by atoms with E-state index < -0.39 is 0 Å². The van der Waals surface area contributed by atoms with E-state index in [2.05, 4.69) is 54.4 Å². The number of hydrogen-bond acceptors (Lipinski definition) is 5. The second kappa shape index (κ2) is 8.55. The number of aryl methyl sites for hydroxylation is 5. The van der Waals surface area contributed by atoms with Crippen LogP contribution in [0.3, 0.4) is 0 Å². The second-order valence-electron chi connectivity index (χ2n) is 7.63. The van der Waals surface area contributed by atoms with Crippen LogP contribution in [0, 0.1) is 13.8 Å². The van der Waals surface area contributed by atoms with E-state index in [-0.39, 0.29) is 18.5 Å². The Kier molecular flexibility index (Phi) is 5.69. The molecule has 29 heavy (non-hydrogen) atoms. The average Bonchev–Trinajstić information content (AvgIpc) is 3.17. The third-order valence-corrected chi connectivity index (χ3v) is 5.42. The Bertz CT molecular complexity index is 976. The van der Waals surface area contributed by atoms with Crippen molar-refractivity contribution in [2.45, 2.75) is 65.1 Å². The van der Waals surface area contributed by atoms with Crippen LogP contribution in [-0.4, -0.2) is 41.5 Å². The number of amides is 1. The van der Waals surface area contributed by atoms with Crippen LogP contribution in [0.2, 0.25) is 0 Å². The molecule has 1 unspecified atom stereocenters. The molecule has 2 aromatic heterocycles. The molecule has 0 radical (unpaired) electrons. The highest BCUT2D eigenvalue weighted by Gasteiger charge is 2.22. The van der Waals surface area contributed by atoms with Crippen molar-refractivity contribution in [2.75, 3.05) is 0 Å². The summed E-state index contributed by atoms with van der Waals surface area (Å²) in [5.41, 5.74) is 1.31. The number of carbonyl (C=O) groups excluding carboxylic acids is 1. The summed E-state index contributed by atoms with van der Waals surface area (Å²) in [6.07, 6.45) is 4.40. The molecule has 0 saturated carbocycles. The third-order valence-electron chi connectivity index (χ3n) is 5.42. The molecule has 0 spiro atoms. The molecular formula is C21H27N7O. The molecular weight excluding hydrogens is 366 g/mol. The van der Waals surface area contributed by atoms with Crippen molar-refractivity contribution in [1.82, 2.24) is 34.8 Å². The van der Waals surface area contributed by atoms with E-state index in [0.29, 0.717) is 5.82 Å². The van der Waals surface area contributed by atoms with E-state index in [0.717, 1.165) is 56.1 Å². The molecule has 152 valence electrons. The van der Waals surface area contributed by atoms with Gasteiger partial charge in [0.25, 0.3) is 0 Å². The number of carbonyl (C=O) groups is 1. The number of benzene rings is 1. The summed E-state index contributed by atoms with van der Waals surface area (Å²) in [6, 6.07) is 10.6. The van der Waals surface area contributed by atoms with E-state index in [1.165, 1.54) is 5.56 Å². The molecule has 0 fully saturated rings. The molecule has 1 amide bonds. The molecule has 8 heteroatoms. The van der Waals surface area contributed by atoms with Crippen LogP contribution in [0.4, 0.5) is 0 Å². The molecule has 0 bridgehead atoms. The number of rotatable bonds is 6. The number of aromatic nitrogens is 6. The first-order chi connectivity index (χ1) is 14.1. The first kappa shape index (κ1) is 19.3. The van der Waals surface area contributed by atoms with Gasteiger partial charge in [-0.25, -0.2) is 9.67 Å². The standard InChI is InChI=1S/C21H27N7O/c1-15-22-16(2)28(26-15)14-21(29)23-18-9-11-20-25-24-19(27(20)13-12-18)10-8-17-6-4-3-5-7-17/h3-7,18H,8-14H2,1-2H3,(H,23,29). The zero-order chi connectivity index (χ0) is 20.2. The molecule has 1 atom stereocenters. The number of hydrogen-bond donors (Lipinski definition) is 1. The molecule has 1 aromatic carbocycles. The van der Waals surface area contributed by atoms with Gasteiger partial charge in [-0.15, -0.1) is 10.2 Å². The molecule has 1 aliphatic heterocycles. The van der Waals surface area contributed by atoms with Crippen LogP contribution in [-0.2, 0) is 37.1 Å². The minimum Gasteiger partial charge on any atom is -0.352 e. The van der Waals surface area contributed by atoms with Gasteiger partial charge in [0.15, 0.2) is 0 Å². The van der Waals surface area contributed by atoms with Crippen molar-refractivity contribution < 1.29 is 4.79 Å². The van der Waals surface area contributed by atoms with Gasteiger partial charge in [-0.1, -0.05) is 30.3 Å². The molecule has 4 rings (SSSR count). The quantitative estimate of drug-likeness (QED) is 0.690. The molecule has 0 saturated heterocycles. The Morgan fingerprint density at radius 2 is 1.97 bits per heavy atom. The van der Waals surface area contributed by atoms with Gasteiger partial charge >= 0.3 is 0 Å². The monoisotopic (exact) mass is 393 g/mol. The Labute approximate surface area is 170 Å². The number of fused-ring (bicyclic) bond motifs is 1. The fourth-order valence-corrected chi connectivity index (χ4v) is 3.90. The lowest BCUT2D eigenvalue weighted by atomic mass is 10.1. The van der Waals surface area contributed by atoms with E-state index in [4.69, 9.17) is 0 Å². The smallest absolute Gasteiger partial charge is 0.242 e. The first-order valence-corrected chi connectivity index (χ1v) is 10.2. The van der Waals surface area contributed by atoms with Crippen molar-refractivity contribution in [2.24, 2.45) is 0 Å². The Balaban J connectivity index is 1.33. The van der Waals surface area contributed by atoms with Gasteiger partial charge < -0.3 is 9.88 Å². The fourth-order valence-electron chi connectivity index (χ4n) is 3.90. The minimum absolute atomic E-state index is 0.0232. The topological polar surface area (TPSA) is 90.5 Å².